The minimum Gasteiger partial charge on any atom is -0.483 e. The van der Waals surface area contributed by atoms with Crippen molar-refractivity contribution >= 4 is 17.2 Å². The number of carbonyl (C=O) groups is 1. The Morgan fingerprint density at radius 3 is 2.96 bits per heavy atom. The number of para-hydroxylation sites is 1. The summed E-state index contributed by atoms with van der Waals surface area (Å²) in [6.45, 7) is 3.51. The molecule has 26 heavy (non-hydrogen) atoms. The van der Waals surface area contributed by atoms with Crippen molar-refractivity contribution in [2.75, 3.05) is 13.1 Å². The molecule has 0 atom stereocenters. The molecular weight excluding hydrogens is 350 g/mol. The van der Waals surface area contributed by atoms with Gasteiger partial charge in [-0.1, -0.05) is 23.4 Å². The average Bonchev–Trinajstić information content (AvgIpc) is 3.25. The molecule has 1 saturated heterocycles. The van der Waals surface area contributed by atoms with Gasteiger partial charge in [-0.25, -0.2) is 0 Å². The zero-order valence-corrected chi connectivity index (χ0v) is 15.2. The fourth-order valence-electron chi connectivity index (χ4n) is 2.88. The first-order valence-corrected chi connectivity index (χ1v) is 9.43. The van der Waals surface area contributed by atoms with E-state index in [0.717, 1.165) is 16.9 Å². The third kappa shape index (κ3) is 3.62. The van der Waals surface area contributed by atoms with E-state index in [9.17, 15) is 4.79 Å². The summed E-state index contributed by atoms with van der Waals surface area (Å²) in [5.41, 5.74) is 2.13. The molecule has 1 amide bonds. The van der Waals surface area contributed by atoms with Crippen LogP contribution in [0, 0.1) is 6.92 Å². The Morgan fingerprint density at radius 1 is 1.35 bits per heavy atom. The fraction of sp³-hybridized carbons (Fsp3) is 0.316. The molecule has 1 fully saturated rings. The lowest BCUT2D eigenvalue weighted by molar-refractivity contribution is -0.135. The average molecular weight is 369 g/mol. The number of hydrogen-bond donors (Lipinski definition) is 0. The van der Waals surface area contributed by atoms with Crippen molar-refractivity contribution in [3.8, 4) is 5.75 Å². The van der Waals surface area contributed by atoms with Crippen molar-refractivity contribution in [2.24, 2.45) is 0 Å². The molecule has 4 rings (SSSR count). The molecule has 3 heterocycles. The van der Waals surface area contributed by atoms with Crippen molar-refractivity contribution < 1.29 is 14.1 Å². The number of likely N-dealkylation sites (tertiary alicyclic amines) is 1. The Balaban J connectivity index is 1.28. The topological polar surface area (TPSA) is 68.5 Å². The Kier molecular flexibility index (Phi) is 4.71. The lowest BCUT2D eigenvalue weighted by Gasteiger charge is -2.37. The molecular formula is C19H19N3O3S. The molecule has 0 spiro atoms. The van der Waals surface area contributed by atoms with Crippen LogP contribution in [0.1, 0.15) is 28.8 Å². The van der Waals surface area contributed by atoms with E-state index in [0.29, 0.717) is 31.2 Å². The number of rotatable bonds is 6. The largest absolute Gasteiger partial charge is 0.483 e. The number of amides is 1. The summed E-state index contributed by atoms with van der Waals surface area (Å²) in [4.78, 5) is 18.5. The molecule has 0 aliphatic carbocycles. The van der Waals surface area contributed by atoms with Gasteiger partial charge in [-0.05, 0) is 40.9 Å². The first kappa shape index (κ1) is 16.8. The number of ether oxygens (including phenoxy) is 1. The van der Waals surface area contributed by atoms with E-state index < -0.39 is 0 Å². The van der Waals surface area contributed by atoms with Crippen molar-refractivity contribution in [1.29, 1.82) is 0 Å². The quantitative estimate of drug-likeness (QED) is 0.667. The summed E-state index contributed by atoms with van der Waals surface area (Å²) in [5, 5.41) is 8.04. The van der Waals surface area contributed by atoms with Gasteiger partial charge < -0.3 is 14.2 Å². The number of carbonyl (C=O) groups excluding carboxylic acids is 1. The molecule has 0 N–H and O–H groups in total. The Labute approximate surface area is 155 Å². The van der Waals surface area contributed by atoms with Gasteiger partial charge in [0.25, 0.3) is 5.89 Å². The van der Waals surface area contributed by atoms with Gasteiger partial charge in [-0.3, -0.25) is 4.79 Å². The van der Waals surface area contributed by atoms with Crippen LogP contribution >= 0.6 is 11.3 Å². The van der Waals surface area contributed by atoms with E-state index in [2.05, 4.69) is 10.1 Å². The van der Waals surface area contributed by atoms with Crippen LogP contribution in [0.3, 0.4) is 0 Å². The molecule has 0 unspecified atom stereocenters. The van der Waals surface area contributed by atoms with E-state index in [1.165, 1.54) is 0 Å². The first-order valence-electron chi connectivity index (χ1n) is 8.49. The zero-order chi connectivity index (χ0) is 17.9. The van der Waals surface area contributed by atoms with E-state index in [1.807, 2.05) is 52.9 Å². The van der Waals surface area contributed by atoms with Gasteiger partial charge in [0.15, 0.2) is 12.4 Å². The second-order valence-corrected chi connectivity index (χ2v) is 7.18. The maximum Gasteiger partial charge on any atom is 0.264 e. The van der Waals surface area contributed by atoms with Gasteiger partial charge in [-0.2, -0.15) is 16.3 Å². The van der Waals surface area contributed by atoms with Crippen LogP contribution in [0.2, 0.25) is 0 Å². The highest BCUT2D eigenvalue weighted by Crippen LogP contribution is 2.26. The van der Waals surface area contributed by atoms with E-state index in [1.54, 1.807) is 11.3 Å². The third-order valence-electron chi connectivity index (χ3n) is 4.46. The summed E-state index contributed by atoms with van der Waals surface area (Å²) in [7, 11) is 0. The number of nitrogens with zero attached hydrogens (tertiary/aromatic N) is 3. The summed E-state index contributed by atoms with van der Waals surface area (Å²) in [5.74, 6) is 2.18. The number of benzene rings is 1. The van der Waals surface area contributed by atoms with Crippen LogP contribution in [0.15, 0.2) is 45.6 Å². The van der Waals surface area contributed by atoms with Crippen LogP contribution < -0.4 is 4.74 Å². The van der Waals surface area contributed by atoms with E-state index >= 15 is 0 Å². The number of thiophene rings is 1. The monoisotopic (exact) mass is 369 g/mol. The van der Waals surface area contributed by atoms with E-state index in [4.69, 9.17) is 9.26 Å². The molecule has 0 bridgehead atoms. The molecule has 134 valence electrons. The molecule has 1 aromatic carbocycles. The molecule has 7 heteroatoms. The van der Waals surface area contributed by atoms with Crippen LogP contribution in [0.5, 0.6) is 5.75 Å². The Bertz CT molecular complexity index is 885. The Hall–Kier alpha value is -2.67. The minimum atomic E-state index is 0.136. The summed E-state index contributed by atoms with van der Waals surface area (Å²) < 4.78 is 11.0. The van der Waals surface area contributed by atoms with Gasteiger partial charge in [0, 0.05) is 13.1 Å². The molecule has 3 aromatic rings. The van der Waals surface area contributed by atoms with Crippen molar-refractivity contribution in [1.82, 2.24) is 15.0 Å². The maximum absolute atomic E-state index is 12.2. The molecule has 0 radical (unpaired) electrons. The predicted molar refractivity (Wildman–Crippen MR) is 97.2 cm³/mol. The molecule has 1 aliphatic rings. The lowest BCUT2D eigenvalue weighted by atomic mass is 9.98. The Morgan fingerprint density at radius 2 is 2.19 bits per heavy atom. The number of hydrogen-bond acceptors (Lipinski definition) is 6. The normalized spacial score (nSPS) is 14.3. The summed E-state index contributed by atoms with van der Waals surface area (Å²) >= 11 is 1.61. The second kappa shape index (κ2) is 7.29. The predicted octanol–water partition coefficient (Wildman–Crippen LogP) is 3.19. The highest BCUT2D eigenvalue weighted by Gasteiger charge is 2.34. The van der Waals surface area contributed by atoms with Crippen molar-refractivity contribution in [2.45, 2.75) is 25.9 Å². The van der Waals surface area contributed by atoms with Gasteiger partial charge in [0.2, 0.25) is 5.91 Å². The van der Waals surface area contributed by atoms with Gasteiger partial charge in [0.05, 0.1) is 12.3 Å². The summed E-state index contributed by atoms with van der Waals surface area (Å²) in [6.07, 6.45) is 0.456. The zero-order valence-electron chi connectivity index (χ0n) is 14.4. The van der Waals surface area contributed by atoms with Gasteiger partial charge in [-0.15, -0.1) is 0 Å². The van der Waals surface area contributed by atoms with Gasteiger partial charge >= 0.3 is 0 Å². The summed E-state index contributed by atoms with van der Waals surface area (Å²) in [6, 6.07) is 9.78. The molecule has 2 aromatic heterocycles. The van der Waals surface area contributed by atoms with Crippen LogP contribution in [0.4, 0.5) is 0 Å². The van der Waals surface area contributed by atoms with Crippen LogP contribution in [-0.4, -0.2) is 34.0 Å². The lowest BCUT2D eigenvalue weighted by Crippen LogP contribution is -2.49. The highest BCUT2D eigenvalue weighted by molar-refractivity contribution is 7.08. The standard InChI is InChI=1S/C19H19N3O3S/c1-13-4-2-3-5-16(13)24-11-17-20-19(21-25-17)15-9-22(10-15)18(23)8-14-6-7-26-12-14/h2-7,12,15H,8-11H2,1H3. The van der Waals surface area contributed by atoms with Crippen molar-refractivity contribution in [3.63, 3.8) is 0 Å². The highest BCUT2D eigenvalue weighted by atomic mass is 32.1. The first-order chi connectivity index (χ1) is 12.7. The minimum absolute atomic E-state index is 0.136. The third-order valence-corrected chi connectivity index (χ3v) is 5.20. The molecule has 0 saturated carbocycles. The molecule has 6 nitrogen and oxygen atoms in total. The van der Waals surface area contributed by atoms with E-state index in [-0.39, 0.29) is 18.4 Å². The van der Waals surface area contributed by atoms with Crippen LogP contribution in [0.25, 0.3) is 0 Å². The smallest absolute Gasteiger partial charge is 0.264 e. The number of aromatic nitrogens is 2. The SMILES string of the molecule is Cc1ccccc1OCc1nc(C2CN(C(=O)Cc3ccsc3)C2)no1. The fourth-order valence-corrected chi connectivity index (χ4v) is 3.54. The maximum atomic E-state index is 12.2. The van der Waals surface area contributed by atoms with Crippen LogP contribution in [-0.2, 0) is 17.8 Å². The van der Waals surface area contributed by atoms with Gasteiger partial charge in [0.1, 0.15) is 5.75 Å². The number of aryl methyl sites for hydroxylation is 1. The second-order valence-electron chi connectivity index (χ2n) is 6.40. The van der Waals surface area contributed by atoms with Crippen molar-refractivity contribution in [3.05, 3.63) is 63.9 Å². The molecule has 1 aliphatic heterocycles.